The minimum absolute atomic E-state index is 0.0528. The summed E-state index contributed by atoms with van der Waals surface area (Å²) in [6.45, 7) is -0.219. The number of rotatable bonds is 3. The number of nitriles is 1. The summed E-state index contributed by atoms with van der Waals surface area (Å²) in [6, 6.07) is 5.20. The predicted octanol–water partition coefficient (Wildman–Crippen LogP) is 0.504. The van der Waals surface area contributed by atoms with Gasteiger partial charge < -0.3 is 0 Å². The molecule has 2 aromatic rings. The third-order valence-corrected chi connectivity index (χ3v) is 2.63. The standard InChI is InChI=1S/C12H7FN4O4/c13-9-2-7(4-14)1-8(3-9)5-16-6-10(17(20)21)11(18)15-12(16)19/h1-3,6H,5H2,(H,15,18,19). The Balaban J connectivity index is 2.50. The van der Waals surface area contributed by atoms with Gasteiger partial charge in [-0.3, -0.25) is 24.5 Å². The Morgan fingerprint density at radius 2 is 2.10 bits per heavy atom. The highest BCUT2D eigenvalue weighted by Gasteiger charge is 2.15. The minimum Gasteiger partial charge on any atom is -0.289 e. The number of nitrogens with one attached hydrogen (secondary N) is 1. The number of benzene rings is 1. The van der Waals surface area contributed by atoms with E-state index in [4.69, 9.17) is 5.26 Å². The number of aromatic amines is 1. The van der Waals surface area contributed by atoms with Crippen molar-refractivity contribution in [1.29, 1.82) is 5.26 Å². The lowest BCUT2D eigenvalue weighted by Crippen LogP contribution is -2.31. The number of H-pyrrole nitrogens is 1. The molecule has 0 aliphatic heterocycles. The SMILES string of the molecule is N#Cc1cc(F)cc(Cn2cc([N+](=O)[O-])c(=O)[nH]c2=O)c1. The molecule has 0 bridgehead atoms. The fraction of sp³-hybridized carbons (Fsp3) is 0.0833. The number of hydrogen-bond donors (Lipinski definition) is 1. The fourth-order valence-electron chi connectivity index (χ4n) is 1.75. The van der Waals surface area contributed by atoms with Gasteiger partial charge in [0.25, 0.3) is 0 Å². The Morgan fingerprint density at radius 1 is 1.38 bits per heavy atom. The van der Waals surface area contributed by atoms with Crippen molar-refractivity contribution in [2.75, 3.05) is 0 Å². The van der Waals surface area contributed by atoms with Crippen LogP contribution in [0.3, 0.4) is 0 Å². The van der Waals surface area contributed by atoms with Crippen molar-refractivity contribution < 1.29 is 9.31 Å². The fourth-order valence-corrected chi connectivity index (χ4v) is 1.75. The van der Waals surface area contributed by atoms with Crippen molar-refractivity contribution in [3.63, 3.8) is 0 Å². The van der Waals surface area contributed by atoms with Gasteiger partial charge in [-0.2, -0.15) is 5.26 Å². The van der Waals surface area contributed by atoms with E-state index in [9.17, 15) is 24.1 Å². The van der Waals surface area contributed by atoms with Gasteiger partial charge in [-0.25, -0.2) is 9.18 Å². The summed E-state index contributed by atoms with van der Waals surface area (Å²) in [5, 5.41) is 19.4. The molecule has 8 nitrogen and oxygen atoms in total. The van der Waals surface area contributed by atoms with Crippen LogP contribution in [-0.4, -0.2) is 14.5 Å². The Bertz CT molecular complexity index is 878. The monoisotopic (exact) mass is 290 g/mol. The van der Waals surface area contributed by atoms with Gasteiger partial charge in [0.2, 0.25) is 0 Å². The predicted molar refractivity (Wildman–Crippen MR) is 68.2 cm³/mol. The largest absolute Gasteiger partial charge is 0.350 e. The molecular weight excluding hydrogens is 283 g/mol. The van der Waals surface area contributed by atoms with Crippen LogP contribution in [0.2, 0.25) is 0 Å². The van der Waals surface area contributed by atoms with Gasteiger partial charge in [-0.05, 0) is 23.8 Å². The molecule has 2 rings (SSSR count). The van der Waals surface area contributed by atoms with E-state index in [0.717, 1.165) is 22.9 Å². The van der Waals surface area contributed by atoms with E-state index in [0.29, 0.717) is 0 Å². The molecule has 0 unspecified atom stereocenters. The van der Waals surface area contributed by atoms with Crippen LogP contribution >= 0.6 is 0 Å². The molecule has 21 heavy (non-hydrogen) atoms. The Hall–Kier alpha value is -3.28. The first-order chi connectivity index (χ1) is 9.90. The second kappa shape index (κ2) is 5.38. The maximum absolute atomic E-state index is 13.3. The zero-order chi connectivity index (χ0) is 15.6. The number of halogens is 1. The molecule has 1 aromatic heterocycles. The highest BCUT2D eigenvalue weighted by atomic mass is 19.1. The number of aromatic nitrogens is 2. The van der Waals surface area contributed by atoms with E-state index in [1.165, 1.54) is 6.07 Å². The number of nitrogens with zero attached hydrogens (tertiary/aromatic N) is 3. The molecule has 0 radical (unpaired) electrons. The second-order valence-electron chi connectivity index (χ2n) is 4.12. The van der Waals surface area contributed by atoms with E-state index in [2.05, 4.69) is 0 Å². The summed E-state index contributed by atoms with van der Waals surface area (Å²) in [5.41, 5.74) is -2.47. The van der Waals surface area contributed by atoms with Crippen LogP contribution in [-0.2, 0) is 6.54 Å². The summed E-state index contributed by atoms with van der Waals surface area (Å²) in [4.78, 5) is 34.3. The summed E-state index contributed by atoms with van der Waals surface area (Å²) in [6.07, 6.45) is 0.776. The molecule has 0 saturated heterocycles. The highest BCUT2D eigenvalue weighted by molar-refractivity contribution is 5.34. The first-order valence-corrected chi connectivity index (χ1v) is 5.58. The van der Waals surface area contributed by atoms with Gasteiger partial charge >= 0.3 is 16.9 Å². The number of nitro groups is 1. The molecule has 0 saturated carbocycles. The number of hydrogen-bond acceptors (Lipinski definition) is 5. The van der Waals surface area contributed by atoms with E-state index in [1.54, 1.807) is 11.1 Å². The van der Waals surface area contributed by atoms with Crippen LogP contribution in [0, 0.1) is 27.3 Å². The Morgan fingerprint density at radius 3 is 2.71 bits per heavy atom. The van der Waals surface area contributed by atoms with E-state index in [1.807, 2.05) is 0 Å². The van der Waals surface area contributed by atoms with E-state index < -0.39 is 27.7 Å². The van der Waals surface area contributed by atoms with Crippen LogP contribution in [0.25, 0.3) is 0 Å². The molecule has 0 atom stereocenters. The van der Waals surface area contributed by atoms with Crippen LogP contribution in [0.4, 0.5) is 10.1 Å². The van der Waals surface area contributed by atoms with Crippen molar-refractivity contribution in [1.82, 2.24) is 9.55 Å². The van der Waals surface area contributed by atoms with Crippen molar-refractivity contribution in [3.8, 4) is 6.07 Å². The Kier molecular flexibility index (Phi) is 3.62. The average molecular weight is 290 g/mol. The minimum atomic E-state index is -1.11. The van der Waals surface area contributed by atoms with Crippen molar-refractivity contribution in [2.24, 2.45) is 0 Å². The summed E-state index contributed by atoms with van der Waals surface area (Å²) in [7, 11) is 0. The molecule has 1 heterocycles. The zero-order valence-corrected chi connectivity index (χ0v) is 10.4. The van der Waals surface area contributed by atoms with Crippen molar-refractivity contribution >= 4 is 5.69 Å². The molecule has 106 valence electrons. The van der Waals surface area contributed by atoms with Gasteiger partial charge in [0.15, 0.2) is 0 Å². The van der Waals surface area contributed by atoms with E-state index in [-0.39, 0.29) is 17.7 Å². The molecule has 0 aliphatic rings. The summed E-state index contributed by atoms with van der Waals surface area (Å²) < 4.78 is 14.1. The third-order valence-electron chi connectivity index (χ3n) is 2.63. The smallest absolute Gasteiger partial charge is 0.289 e. The van der Waals surface area contributed by atoms with Gasteiger partial charge in [0.05, 0.1) is 29.3 Å². The van der Waals surface area contributed by atoms with Gasteiger partial charge in [-0.15, -0.1) is 0 Å². The Labute approximate surface area is 115 Å². The summed E-state index contributed by atoms with van der Waals surface area (Å²) >= 11 is 0. The normalized spacial score (nSPS) is 10.1. The van der Waals surface area contributed by atoms with Gasteiger partial charge in [-0.1, -0.05) is 0 Å². The lowest BCUT2D eigenvalue weighted by atomic mass is 10.1. The van der Waals surface area contributed by atoms with Gasteiger partial charge in [0.1, 0.15) is 5.82 Å². The first-order valence-electron chi connectivity index (χ1n) is 5.58. The molecule has 1 N–H and O–H groups in total. The second-order valence-corrected chi connectivity index (χ2v) is 4.12. The van der Waals surface area contributed by atoms with E-state index >= 15 is 0 Å². The lowest BCUT2D eigenvalue weighted by Gasteiger charge is -2.05. The van der Waals surface area contributed by atoms with Crippen molar-refractivity contribution in [3.05, 3.63) is 72.3 Å². The van der Waals surface area contributed by atoms with Crippen molar-refractivity contribution in [2.45, 2.75) is 6.54 Å². The lowest BCUT2D eigenvalue weighted by molar-refractivity contribution is -0.386. The average Bonchev–Trinajstić information content (AvgIpc) is 2.40. The van der Waals surface area contributed by atoms with Crippen LogP contribution in [0.1, 0.15) is 11.1 Å². The van der Waals surface area contributed by atoms with Crippen LogP contribution < -0.4 is 11.2 Å². The highest BCUT2D eigenvalue weighted by Crippen LogP contribution is 2.10. The molecule has 0 aliphatic carbocycles. The third kappa shape index (κ3) is 3.01. The quantitative estimate of drug-likeness (QED) is 0.651. The molecule has 0 spiro atoms. The topological polar surface area (TPSA) is 122 Å². The van der Waals surface area contributed by atoms with Crippen LogP contribution in [0.5, 0.6) is 0 Å². The van der Waals surface area contributed by atoms with Gasteiger partial charge in [0, 0.05) is 0 Å². The zero-order valence-electron chi connectivity index (χ0n) is 10.4. The molecule has 9 heteroatoms. The molecule has 0 amide bonds. The maximum Gasteiger partial charge on any atom is 0.350 e. The first kappa shape index (κ1) is 14.1. The maximum atomic E-state index is 13.3. The molecule has 0 fully saturated rings. The van der Waals surface area contributed by atoms with Crippen LogP contribution in [0.15, 0.2) is 34.0 Å². The molecular formula is C12H7FN4O4. The molecule has 1 aromatic carbocycles. The summed E-state index contributed by atoms with van der Waals surface area (Å²) in [5.74, 6) is -0.670.